The van der Waals surface area contributed by atoms with Crippen LogP contribution in [0.1, 0.15) is 55.1 Å². The Labute approximate surface area is 156 Å². The third-order valence-corrected chi connectivity index (χ3v) is 5.46. The molecule has 1 aliphatic heterocycles. The summed E-state index contributed by atoms with van der Waals surface area (Å²) in [4.78, 5) is 2.12. The summed E-state index contributed by atoms with van der Waals surface area (Å²) in [6.07, 6.45) is 1.41. The molecule has 140 valence electrons. The zero-order valence-corrected chi connectivity index (χ0v) is 16.0. The molecule has 4 nitrogen and oxygen atoms in total. The second-order valence-corrected chi connectivity index (χ2v) is 7.17. The SMILES string of the molecule is CCc1ccc(C2CN(O)CC(c3ccc(CC)cc3)N2C(C)O)cc1. The van der Waals surface area contributed by atoms with Gasteiger partial charge in [0.15, 0.2) is 0 Å². The van der Waals surface area contributed by atoms with Crippen molar-refractivity contribution in [2.75, 3.05) is 13.1 Å². The molecule has 2 aromatic rings. The number of piperazine rings is 1. The summed E-state index contributed by atoms with van der Waals surface area (Å²) in [5, 5.41) is 22.3. The topological polar surface area (TPSA) is 46.9 Å². The van der Waals surface area contributed by atoms with E-state index < -0.39 is 6.23 Å². The summed E-state index contributed by atoms with van der Waals surface area (Å²) in [5.74, 6) is 0. The lowest BCUT2D eigenvalue weighted by Gasteiger charge is -2.46. The molecule has 0 bridgehead atoms. The van der Waals surface area contributed by atoms with E-state index >= 15 is 0 Å². The third kappa shape index (κ3) is 3.99. The quantitative estimate of drug-likeness (QED) is 0.854. The lowest BCUT2D eigenvalue weighted by Crippen LogP contribution is -2.52. The largest absolute Gasteiger partial charge is 0.379 e. The molecule has 0 aliphatic carbocycles. The molecule has 1 saturated heterocycles. The van der Waals surface area contributed by atoms with Gasteiger partial charge in [0.25, 0.3) is 0 Å². The van der Waals surface area contributed by atoms with Gasteiger partial charge in [0, 0.05) is 13.1 Å². The Morgan fingerprint density at radius 2 is 1.23 bits per heavy atom. The minimum atomic E-state index is -0.601. The van der Waals surface area contributed by atoms with Gasteiger partial charge in [-0.3, -0.25) is 4.90 Å². The van der Waals surface area contributed by atoms with Crippen LogP contribution >= 0.6 is 0 Å². The average Bonchev–Trinajstić information content (AvgIpc) is 2.67. The van der Waals surface area contributed by atoms with E-state index in [9.17, 15) is 10.3 Å². The van der Waals surface area contributed by atoms with Crippen molar-refractivity contribution in [1.82, 2.24) is 9.96 Å². The van der Waals surface area contributed by atoms with Crippen LogP contribution in [0.15, 0.2) is 48.5 Å². The van der Waals surface area contributed by atoms with Gasteiger partial charge in [0.2, 0.25) is 0 Å². The van der Waals surface area contributed by atoms with E-state index in [1.165, 1.54) is 16.2 Å². The summed E-state index contributed by atoms with van der Waals surface area (Å²) in [7, 11) is 0. The van der Waals surface area contributed by atoms with Crippen LogP contribution in [0.4, 0.5) is 0 Å². The van der Waals surface area contributed by atoms with E-state index in [2.05, 4.69) is 67.3 Å². The number of hydroxylamine groups is 2. The molecular weight excluding hydrogens is 324 g/mol. The number of benzene rings is 2. The molecule has 3 atom stereocenters. The molecule has 3 unspecified atom stereocenters. The molecule has 1 fully saturated rings. The van der Waals surface area contributed by atoms with Crippen molar-refractivity contribution in [2.24, 2.45) is 0 Å². The highest BCUT2D eigenvalue weighted by atomic mass is 16.5. The summed E-state index contributed by atoms with van der Waals surface area (Å²) in [6.45, 7) is 7.07. The van der Waals surface area contributed by atoms with Gasteiger partial charge < -0.3 is 10.3 Å². The second-order valence-electron chi connectivity index (χ2n) is 7.17. The smallest absolute Gasteiger partial charge is 0.105 e. The van der Waals surface area contributed by atoms with Gasteiger partial charge in [-0.25, -0.2) is 0 Å². The van der Waals surface area contributed by atoms with E-state index in [-0.39, 0.29) is 12.1 Å². The van der Waals surface area contributed by atoms with E-state index in [1.807, 2.05) is 6.92 Å². The second kappa shape index (κ2) is 8.31. The van der Waals surface area contributed by atoms with Crippen LogP contribution in [0.25, 0.3) is 0 Å². The van der Waals surface area contributed by atoms with Crippen LogP contribution in [0.3, 0.4) is 0 Å². The van der Waals surface area contributed by atoms with E-state index in [0.717, 1.165) is 24.0 Å². The van der Waals surface area contributed by atoms with E-state index in [1.54, 1.807) is 0 Å². The maximum atomic E-state index is 10.6. The van der Waals surface area contributed by atoms with Crippen molar-refractivity contribution in [3.8, 4) is 0 Å². The van der Waals surface area contributed by atoms with Crippen LogP contribution in [-0.2, 0) is 12.8 Å². The Bertz CT molecular complexity index is 640. The number of aryl methyl sites for hydroxylation is 2. The maximum absolute atomic E-state index is 10.6. The first-order valence-electron chi connectivity index (χ1n) is 9.60. The Morgan fingerprint density at radius 1 is 0.846 bits per heavy atom. The van der Waals surface area contributed by atoms with Crippen LogP contribution in [0.5, 0.6) is 0 Å². The molecule has 3 rings (SSSR count). The molecule has 1 aliphatic rings. The Kier molecular flexibility index (Phi) is 6.09. The fraction of sp³-hybridized carbons (Fsp3) is 0.455. The molecule has 2 N–H and O–H groups in total. The molecular formula is C22H30N2O2. The lowest BCUT2D eigenvalue weighted by atomic mass is 9.94. The monoisotopic (exact) mass is 354 g/mol. The fourth-order valence-electron chi connectivity index (χ4n) is 3.91. The third-order valence-electron chi connectivity index (χ3n) is 5.46. The summed E-state index contributed by atoms with van der Waals surface area (Å²) >= 11 is 0. The van der Waals surface area contributed by atoms with Gasteiger partial charge in [0.05, 0.1) is 12.1 Å². The van der Waals surface area contributed by atoms with Gasteiger partial charge in [-0.2, -0.15) is 5.06 Å². The van der Waals surface area contributed by atoms with Gasteiger partial charge in [-0.05, 0) is 42.0 Å². The predicted octanol–water partition coefficient (Wildman–Crippen LogP) is 3.94. The highest BCUT2D eigenvalue weighted by Crippen LogP contribution is 2.37. The molecule has 2 aromatic carbocycles. The number of aliphatic hydroxyl groups is 1. The first kappa shape index (κ1) is 19.1. The van der Waals surface area contributed by atoms with Crippen molar-refractivity contribution >= 4 is 0 Å². The molecule has 0 saturated carbocycles. The van der Waals surface area contributed by atoms with Crippen LogP contribution < -0.4 is 0 Å². The number of rotatable bonds is 5. The highest BCUT2D eigenvalue weighted by molar-refractivity contribution is 5.29. The summed E-state index contributed by atoms with van der Waals surface area (Å²) < 4.78 is 0. The summed E-state index contributed by atoms with van der Waals surface area (Å²) in [6, 6.07) is 16.9. The van der Waals surface area contributed by atoms with E-state index in [0.29, 0.717) is 13.1 Å². The molecule has 0 radical (unpaired) electrons. The normalized spacial score (nSPS) is 23.1. The molecule has 4 heteroatoms. The summed E-state index contributed by atoms with van der Waals surface area (Å²) in [5.41, 5.74) is 4.83. The maximum Gasteiger partial charge on any atom is 0.105 e. The number of hydrogen-bond acceptors (Lipinski definition) is 4. The van der Waals surface area contributed by atoms with Crippen LogP contribution in [0.2, 0.25) is 0 Å². The Hall–Kier alpha value is -1.72. The van der Waals surface area contributed by atoms with Gasteiger partial charge in [-0.15, -0.1) is 0 Å². The molecule has 0 spiro atoms. The van der Waals surface area contributed by atoms with Crippen molar-refractivity contribution in [3.63, 3.8) is 0 Å². The standard InChI is InChI=1S/C22H30N2O2/c1-4-17-6-10-19(11-7-17)21-14-23(26)15-22(24(21)16(3)25)20-12-8-18(5-2)9-13-20/h6-13,16,21-22,25-26H,4-5,14-15H2,1-3H3. The first-order valence-corrected chi connectivity index (χ1v) is 9.60. The number of nitrogens with zero attached hydrogens (tertiary/aromatic N) is 2. The Morgan fingerprint density at radius 3 is 1.54 bits per heavy atom. The van der Waals surface area contributed by atoms with Crippen molar-refractivity contribution < 1.29 is 10.3 Å². The minimum absolute atomic E-state index is 0.0597. The molecule has 26 heavy (non-hydrogen) atoms. The van der Waals surface area contributed by atoms with Gasteiger partial charge in [0.1, 0.15) is 6.23 Å². The van der Waals surface area contributed by atoms with Crippen molar-refractivity contribution in [2.45, 2.75) is 51.9 Å². The van der Waals surface area contributed by atoms with Gasteiger partial charge >= 0.3 is 0 Å². The van der Waals surface area contributed by atoms with Crippen molar-refractivity contribution in [1.29, 1.82) is 0 Å². The highest BCUT2D eigenvalue weighted by Gasteiger charge is 2.38. The lowest BCUT2D eigenvalue weighted by molar-refractivity contribution is -0.182. The zero-order chi connectivity index (χ0) is 18.7. The zero-order valence-electron chi connectivity index (χ0n) is 16.0. The Balaban J connectivity index is 1.95. The molecule has 0 aromatic heterocycles. The molecule has 0 amide bonds. The van der Waals surface area contributed by atoms with Gasteiger partial charge in [-0.1, -0.05) is 62.4 Å². The number of aliphatic hydroxyl groups excluding tert-OH is 1. The van der Waals surface area contributed by atoms with Crippen molar-refractivity contribution in [3.05, 3.63) is 70.8 Å². The minimum Gasteiger partial charge on any atom is -0.379 e. The fourth-order valence-corrected chi connectivity index (χ4v) is 3.91. The predicted molar refractivity (Wildman–Crippen MR) is 104 cm³/mol. The first-order chi connectivity index (χ1) is 12.5. The van der Waals surface area contributed by atoms with Crippen LogP contribution in [-0.4, -0.2) is 39.6 Å². The average molecular weight is 354 g/mol. The number of hydrogen-bond donors (Lipinski definition) is 2. The van der Waals surface area contributed by atoms with Crippen LogP contribution in [0, 0.1) is 0 Å². The molecule has 1 heterocycles. The van der Waals surface area contributed by atoms with E-state index in [4.69, 9.17) is 0 Å².